The fourth-order valence-corrected chi connectivity index (χ4v) is 1.80. The number of benzene rings is 1. The van der Waals surface area contributed by atoms with Gasteiger partial charge in [0.2, 0.25) is 0 Å². The molecule has 0 heterocycles. The molecule has 1 aliphatic rings. The Labute approximate surface area is 91.9 Å². The first-order valence-corrected chi connectivity index (χ1v) is 5.25. The maximum Gasteiger partial charge on any atom is 0.416 e. The fourth-order valence-electron chi connectivity index (χ4n) is 1.80. The zero-order valence-electron chi connectivity index (χ0n) is 8.88. The predicted molar refractivity (Wildman–Crippen MR) is 53.9 cm³/mol. The van der Waals surface area contributed by atoms with E-state index in [0.717, 1.165) is 25.0 Å². The lowest BCUT2D eigenvalue weighted by atomic mass is 9.97. The molecule has 0 amide bonds. The minimum atomic E-state index is -4.34. The highest BCUT2D eigenvalue weighted by Crippen LogP contribution is 2.42. The molecule has 1 fully saturated rings. The molecule has 1 nitrogen and oxygen atoms in total. The average molecular weight is 230 g/mol. The SMILES string of the molecule is Cc1ccc(C(F)(F)F)cc1C(O)C1CC1. The monoisotopic (exact) mass is 230 g/mol. The van der Waals surface area contributed by atoms with Crippen LogP contribution in [0.1, 0.15) is 35.6 Å². The lowest BCUT2D eigenvalue weighted by molar-refractivity contribution is -0.137. The number of aryl methyl sites for hydroxylation is 1. The molecular formula is C12H13F3O. The Hall–Kier alpha value is -1.03. The summed E-state index contributed by atoms with van der Waals surface area (Å²) in [6, 6.07) is 3.54. The van der Waals surface area contributed by atoms with Crippen LogP contribution in [-0.4, -0.2) is 5.11 Å². The van der Waals surface area contributed by atoms with E-state index in [0.29, 0.717) is 11.1 Å². The third-order valence-corrected chi connectivity index (χ3v) is 2.99. The highest BCUT2D eigenvalue weighted by molar-refractivity contribution is 5.34. The number of aliphatic hydroxyl groups excluding tert-OH is 1. The van der Waals surface area contributed by atoms with Crippen molar-refractivity contribution in [1.82, 2.24) is 0 Å². The molecule has 16 heavy (non-hydrogen) atoms. The first-order chi connectivity index (χ1) is 7.39. The molecule has 0 spiro atoms. The van der Waals surface area contributed by atoms with E-state index >= 15 is 0 Å². The molecule has 1 N–H and O–H groups in total. The van der Waals surface area contributed by atoms with Crippen LogP contribution in [0.25, 0.3) is 0 Å². The lowest BCUT2D eigenvalue weighted by Crippen LogP contribution is -2.09. The highest BCUT2D eigenvalue weighted by Gasteiger charge is 2.35. The van der Waals surface area contributed by atoms with Crippen molar-refractivity contribution in [3.05, 3.63) is 34.9 Å². The maximum absolute atomic E-state index is 12.5. The van der Waals surface area contributed by atoms with Gasteiger partial charge in [-0.2, -0.15) is 13.2 Å². The van der Waals surface area contributed by atoms with E-state index in [1.807, 2.05) is 0 Å². The van der Waals surface area contributed by atoms with Gasteiger partial charge in [0.05, 0.1) is 11.7 Å². The van der Waals surface area contributed by atoms with Gasteiger partial charge < -0.3 is 5.11 Å². The molecule has 1 atom stereocenters. The van der Waals surface area contributed by atoms with Crippen molar-refractivity contribution in [2.75, 3.05) is 0 Å². The smallest absolute Gasteiger partial charge is 0.388 e. The Bertz CT molecular complexity index is 394. The van der Waals surface area contributed by atoms with Crippen LogP contribution in [0.4, 0.5) is 13.2 Å². The molecule has 2 rings (SSSR count). The maximum atomic E-state index is 12.5. The highest BCUT2D eigenvalue weighted by atomic mass is 19.4. The quantitative estimate of drug-likeness (QED) is 0.824. The van der Waals surface area contributed by atoms with Gasteiger partial charge in [-0.3, -0.25) is 0 Å². The summed E-state index contributed by atoms with van der Waals surface area (Å²) in [5.41, 5.74) is 0.442. The Balaban J connectivity index is 2.36. The average Bonchev–Trinajstić information content (AvgIpc) is 2.98. The van der Waals surface area contributed by atoms with Crippen LogP contribution in [-0.2, 0) is 6.18 Å². The predicted octanol–water partition coefficient (Wildman–Crippen LogP) is 3.46. The number of halogens is 3. The van der Waals surface area contributed by atoms with Crippen LogP contribution in [0.2, 0.25) is 0 Å². The first-order valence-electron chi connectivity index (χ1n) is 5.25. The van der Waals surface area contributed by atoms with Gasteiger partial charge in [0.1, 0.15) is 0 Å². The molecule has 0 bridgehead atoms. The van der Waals surface area contributed by atoms with Crippen molar-refractivity contribution in [2.24, 2.45) is 5.92 Å². The van der Waals surface area contributed by atoms with Gasteiger partial charge in [-0.05, 0) is 48.9 Å². The lowest BCUT2D eigenvalue weighted by Gasteiger charge is -2.15. The Kier molecular flexibility index (Phi) is 2.70. The molecule has 0 aliphatic heterocycles. The molecule has 1 aromatic carbocycles. The molecule has 1 aromatic rings. The summed E-state index contributed by atoms with van der Waals surface area (Å²) in [5, 5.41) is 9.86. The summed E-state index contributed by atoms with van der Waals surface area (Å²) >= 11 is 0. The van der Waals surface area contributed by atoms with Crippen molar-refractivity contribution in [1.29, 1.82) is 0 Å². The van der Waals surface area contributed by atoms with E-state index in [4.69, 9.17) is 0 Å². The van der Waals surface area contributed by atoms with E-state index in [1.54, 1.807) is 6.92 Å². The van der Waals surface area contributed by atoms with Crippen LogP contribution >= 0.6 is 0 Å². The molecular weight excluding hydrogens is 217 g/mol. The zero-order valence-corrected chi connectivity index (χ0v) is 8.88. The fraction of sp³-hybridized carbons (Fsp3) is 0.500. The topological polar surface area (TPSA) is 20.2 Å². The molecule has 88 valence electrons. The molecule has 1 aliphatic carbocycles. The third kappa shape index (κ3) is 2.21. The van der Waals surface area contributed by atoms with Crippen molar-refractivity contribution >= 4 is 0 Å². The second-order valence-electron chi connectivity index (χ2n) is 4.35. The molecule has 4 heteroatoms. The van der Waals surface area contributed by atoms with Crippen molar-refractivity contribution in [3.8, 4) is 0 Å². The number of hydrogen-bond donors (Lipinski definition) is 1. The van der Waals surface area contributed by atoms with E-state index in [2.05, 4.69) is 0 Å². The summed E-state index contributed by atoms with van der Waals surface area (Å²) in [4.78, 5) is 0. The summed E-state index contributed by atoms with van der Waals surface area (Å²) in [5.74, 6) is 0.141. The largest absolute Gasteiger partial charge is 0.416 e. The van der Waals surface area contributed by atoms with Gasteiger partial charge in [0.15, 0.2) is 0 Å². The summed E-state index contributed by atoms with van der Waals surface area (Å²) in [6.07, 6.45) is -3.29. The van der Waals surface area contributed by atoms with E-state index in [-0.39, 0.29) is 5.92 Å². The van der Waals surface area contributed by atoms with E-state index in [1.165, 1.54) is 6.07 Å². The van der Waals surface area contributed by atoms with Crippen molar-refractivity contribution in [3.63, 3.8) is 0 Å². The molecule has 0 saturated heterocycles. The number of alkyl halides is 3. The Morgan fingerprint density at radius 2 is 1.94 bits per heavy atom. The van der Waals surface area contributed by atoms with Crippen molar-refractivity contribution in [2.45, 2.75) is 32.0 Å². The van der Waals surface area contributed by atoms with Gasteiger partial charge in [-0.25, -0.2) is 0 Å². The van der Waals surface area contributed by atoms with Crippen LogP contribution in [0.5, 0.6) is 0 Å². The van der Waals surface area contributed by atoms with Crippen molar-refractivity contribution < 1.29 is 18.3 Å². The summed E-state index contributed by atoms with van der Waals surface area (Å²) in [7, 11) is 0. The number of aliphatic hydroxyl groups is 1. The van der Waals surface area contributed by atoms with Crippen LogP contribution in [0.15, 0.2) is 18.2 Å². The molecule has 0 radical (unpaired) electrons. The number of rotatable bonds is 2. The van der Waals surface area contributed by atoms with Gasteiger partial charge in [-0.15, -0.1) is 0 Å². The van der Waals surface area contributed by atoms with Gasteiger partial charge in [0.25, 0.3) is 0 Å². The van der Waals surface area contributed by atoms with E-state index < -0.39 is 17.8 Å². The molecule has 1 saturated carbocycles. The van der Waals surface area contributed by atoms with Crippen LogP contribution in [0, 0.1) is 12.8 Å². The van der Waals surface area contributed by atoms with Gasteiger partial charge in [-0.1, -0.05) is 6.07 Å². The Morgan fingerprint density at radius 3 is 2.44 bits per heavy atom. The second kappa shape index (κ2) is 3.77. The zero-order chi connectivity index (χ0) is 11.9. The first kappa shape index (κ1) is 11.5. The third-order valence-electron chi connectivity index (χ3n) is 2.99. The standard InChI is InChI=1S/C12H13F3O/c1-7-2-5-9(12(13,14)15)6-10(7)11(16)8-3-4-8/h2,5-6,8,11,16H,3-4H2,1H3. The summed E-state index contributed by atoms with van der Waals surface area (Å²) in [6.45, 7) is 1.72. The Morgan fingerprint density at radius 1 is 1.31 bits per heavy atom. The normalized spacial score (nSPS) is 18.6. The van der Waals surface area contributed by atoms with Crippen LogP contribution in [0.3, 0.4) is 0 Å². The minimum absolute atomic E-state index is 0.141. The minimum Gasteiger partial charge on any atom is -0.388 e. The van der Waals surface area contributed by atoms with Crippen LogP contribution < -0.4 is 0 Å². The number of hydrogen-bond acceptors (Lipinski definition) is 1. The molecule has 0 aromatic heterocycles. The van der Waals surface area contributed by atoms with Gasteiger partial charge >= 0.3 is 6.18 Å². The summed E-state index contributed by atoms with van der Waals surface area (Å²) < 4.78 is 37.5. The van der Waals surface area contributed by atoms with Gasteiger partial charge in [0, 0.05) is 0 Å². The second-order valence-corrected chi connectivity index (χ2v) is 4.35. The van der Waals surface area contributed by atoms with E-state index in [9.17, 15) is 18.3 Å². The molecule has 1 unspecified atom stereocenters.